The van der Waals surface area contributed by atoms with Crippen molar-refractivity contribution in [1.82, 2.24) is 0 Å². The highest BCUT2D eigenvalue weighted by Crippen LogP contribution is 2.15. The van der Waals surface area contributed by atoms with Crippen molar-refractivity contribution in [2.24, 2.45) is 0 Å². The number of benzene rings is 2. The number of para-hydroxylation sites is 1. The average Bonchev–Trinajstić information content (AvgIpc) is 2.51. The van der Waals surface area contributed by atoms with Crippen molar-refractivity contribution in [3.8, 4) is 0 Å². The Morgan fingerprint density at radius 2 is 1.55 bits per heavy atom. The van der Waals surface area contributed by atoms with E-state index in [4.69, 9.17) is 0 Å². The monoisotopic (exact) mass is 271 g/mol. The first-order valence-electron chi connectivity index (χ1n) is 6.38. The largest absolute Gasteiger partial charge is 0.303 e. The zero-order valence-electron chi connectivity index (χ0n) is 11.3. The molecule has 0 radical (unpaired) electrons. The van der Waals surface area contributed by atoms with Gasteiger partial charge in [0, 0.05) is 18.1 Å². The van der Waals surface area contributed by atoms with Crippen LogP contribution in [0.25, 0.3) is 0 Å². The third kappa shape index (κ3) is 5.02. The molecule has 0 N–H and O–H groups in total. The van der Waals surface area contributed by atoms with E-state index in [2.05, 4.69) is 0 Å². The SMILES string of the molecule is CCC(C=O)c1ccccc1.O=[N+]([O-])c1ccccc1. The molecule has 0 aliphatic carbocycles. The summed E-state index contributed by atoms with van der Waals surface area (Å²) in [5.74, 6) is 0.0798. The lowest BCUT2D eigenvalue weighted by molar-refractivity contribution is -0.384. The second kappa shape index (κ2) is 8.58. The molecule has 0 heterocycles. The Morgan fingerprint density at radius 3 is 1.90 bits per heavy atom. The van der Waals surface area contributed by atoms with E-state index in [1.807, 2.05) is 37.3 Å². The fourth-order valence-electron chi connectivity index (χ4n) is 1.66. The fourth-order valence-corrected chi connectivity index (χ4v) is 1.66. The van der Waals surface area contributed by atoms with Crippen LogP contribution in [-0.2, 0) is 4.79 Å². The number of nitrogens with zero attached hydrogens (tertiary/aromatic N) is 1. The van der Waals surface area contributed by atoms with Gasteiger partial charge in [-0.2, -0.15) is 0 Å². The highest BCUT2D eigenvalue weighted by Gasteiger charge is 2.05. The summed E-state index contributed by atoms with van der Waals surface area (Å²) in [6, 6.07) is 17.8. The van der Waals surface area contributed by atoms with Crippen LogP contribution in [0.4, 0.5) is 5.69 Å². The third-order valence-corrected chi connectivity index (χ3v) is 2.80. The van der Waals surface area contributed by atoms with E-state index in [-0.39, 0.29) is 11.6 Å². The van der Waals surface area contributed by atoms with Crippen molar-refractivity contribution in [3.63, 3.8) is 0 Å². The standard InChI is InChI=1S/C10H12O.C6H5NO2/c1-2-9(8-11)10-6-4-3-5-7-10;8-7(9)6-4-2-1-3-5-6/h3-9H,2H2,1H3;1-5H. The zero-order chi connectivity index (χ0) is 14.8. The number of nitro benzene ring substituents is 1. The van der Waals surface area contributed by atoms with Crippen molar-refractivity contribution >= 4 is 12.0 Å². The maximum absolute atomic E-state index is 10.5. The first kappa shape index (κ1) is 15.6. The second-order valence-corrected chi connectivity index (χ2v) is 4.15. The molecule has 2 rings (SSSR count). The molecular formula is C16H17NO3. The minimum atomic E-state index is -0.417. The van der Waals surface area contributed by atoms with Gasteiger partial charge in [-0.05, 0) is 12.0 Å². The minimum Gasteiger partial charge on any atom is -0.303 e. The van der Waals surface area contributed by atoms with Gasteiger partial charge in [0.1, 0.15) is 6.29 Å². The van der Waals surface area contributed by atoms with Gasteiger partial charge in [-0.25, -0.2) is 0 Å². The van der Waals surface area contributed by atoms with Crippen LogP contribution in [0.15, 0.2) is 60.7 Å². The number of carbonyl (C=O) groups is 1. The molecule has 2 aromatic carbocycles. The lowest BCUT2D eigenvalue weighted by Crippen LogP contribution is -1.96. The molecule has 0 fully saturated rings. The summed E-state index contributed by atoms with van der Waals surface area (Å²) < 4.78 is 0. The van der Waals surface area contributed by atoms with E-state index in [1.54, 1.807) is 18.2 Å². The summed E-state index contributed by atoms with van der Waals surface area (Å²) in [7, 11) is 0. The van der Waals surface area contributed by atoms with Crippen LogP contribution in [0, 0.1) is 10.1 Å². The summed E-state index contributed by atoms with van der Waals surface area (Å²) in [5.41, 5.74) is 1.25. The van der Waals surface area contributed by atoms with Crippen LogP contribution in [-0.4, -0.2) is 11.2 Å². The summed E-state index contributed by atoms with van der Waals surface area (Å²) in [6.07, 6.45) is 1.89. The summed E-state index contributed by atoms with van der Waals surface area (Å²) in [4.78, 5) is 20.1. The molecular weight excluding hydrogens is 254 g/mol. The first-order valence-corrected chi connectivity index (χ1v) is 6.38. The maximum atomic E-state index is 10.5. The molecule has 0 saturated heterocycles. The molecule has 104 valence electrons. The Morgan fingerprint density at radius 1 is 1.05 bits per heavy atom. The van der Waals surface area contributed by atoms with E-state index >= 15 is 0 Å². The third-order valence-electron chi connectivity index (χ3n) is 2.80. The zero-order valence-corrected chi connectivity index (χ0v) is 11.3. The highest BCUT2D eigenvalue weighted by atomic mass is 16.6. The van der Waals surface area contributed by atoms with Crippen molar-refractivity contribution in [2.75, 3.05) is 0 Å². The van der Waals surface area contributed by atoms with Crippen LogP contribution < -0.4 is 0 Å². The summed E-state index contributed by atoms with van der Waals surface area (Å²) >= 11 is 0. The van der Waals surface area contributed by atoms with Gasteiger partial charge >= 0.3 is 0 Å². The molecule has 0 bridgehead atoms. The number of hydrogen-bond donors (Lipinski definition) is 0. The minimum absolute atomic E-state index is 0.0798. The molecule has 2 aromatic rings. The quantitative estimate of drug-likeness (QED) is 0.480. The van der Waals surface area contributed by atoms with Crippen LogP contribution in [0.1, 0.15) is 24.8 Å². The number of hydrogen-bond acceptors (Lipinski definition) is 3. The maximum Gasteiger partial charge on any atom is 0.269 e. The molecule has 0 aliphatic heterocycles. The molecule has 20 heavy (non-hydrogen) atoms. The molecule has 0 aliphatic rings. The van der Waals surface area contributed by atoms with E-state index < -0.39 is 4.92 Å². The van der Waals surface area contributed by atoms with Crippen LogP contribution in [0.3, 0.4) is 0 Å². The van der Waals surface area contributed by atoms with Crippen molar-refractivity contribution in [2.45, 2.75) is 19.3 Å². The number of nitro groups is 1. The Balaban J connectivity index is 0.000000204. The van der Waals surface area contributed by atoms with Crippen LogP contribution >= 0.6 is 0 Å². The lowest BCUT2D eigenvalue weighted by atomic mass is 9.98. The van der Waals surface area contributed by atoms with Gasteiger partial charge < -0.3 is 4.79 Å². The van der Waals surface area contributed by atoms with Crippen molar-refractivity contribution in [1.29, 1.82) is 0 Å². The van der Waals surface area contributed by atoms with E-state index in [9.17, 15) is 14.9 Å². The molecule has 4 nitrogen and oxygen atoms in total. The van der Waals surface area contributed by atoms with E-state index in [1.165, 1.54) is 12.1 Å². The van der Waals surface area contributed by atoms with Crippen molar-refractivity contribution < 1.29 is 9.72 Å². The average molecular weight is 271 g/mol. The number of carbonyl (C=O) groups excluding carboxylic acids is 1. The van der Waals surface area contributed by atoms with Crippen LogP contribution in [0.2, 0.25) is 0 Å². The fraction of sp³-hybridized carbons (Fsp3) is 0.188. The normalized spacial score (nSPS) is 10.8. The first-order chi connectivity index (χ1) is 9.69. The van der Waals surface area contributed by atoms with Crippen LogP contribution in [0.5, 0.6) is 0 Å². The smallest absolute Gasteiger partial charge is 0.269 e. The van der Waals surface area contributed by atoms with Gasteiger partial charge in [-0.1, -0.05) is 55.5 Å². The Bertz CT molecular complexity index is 526. The van der Waals surface area contributed by atoms with E-state index in [0.717, 1.165) is 18.3 Å². The van der Waals surface area contributed by atoms with Gasteiger partial charge in [0.25, 0.3) is 5.69 Å². The Hall–Kier alpha value is -2.49. The Labute approximate surface area is 118 Å². The number of rotatable bonds is 4. The van der Waals surface area contributed by atoms with E-state index in [0.29, 0.717) is 0 Å². The van der Waals surface area contributed by atoms with Gasteiger partial charge in [-0.3, -0.25) is 10.1 Å². The topological polar surface area (TPSA) is 60.2 Å². The summed E-state index contributed by atoms with van der Waals surface area (Å²) in [6.45, 7) is 2.02. The van der Waals surface area contributed by atoms with Gasteiger partial charge in [-0.15, -0.1) is 0 Å². The molecule has 0 aromatic heterocycles. The molecule has 0 amide bonds. The molecule has 1 unspecified atom stereocenters. The predicted octanol–water partition coefficient (Wildman–Crippen LogP) is 3.97. The number of aldehydes is 1. The number of non-ortho nitro benzene ring substituents is 1. The lowest BCUT2D eigenvalue weighted by Gasteiger charge is -2.05. The molecule has 1 atom stereocenters. The molecule has 0 spiro atoms. The highest BCUT2D eigenvalue weighted by molar-refractivity contribution is 5.61. The van der Waals surface area contributed by atoms with Gasteiger partial charge in [0.15, 0.2) is 0 Å². The van der Waals surface area contributed by atoms with Gasteiger partial charge in [0.2, 0.25) is 0 Å². The molecule has 0 saturated carbocycles. The molecule has 4 heteroatoms. The summed E-state index contributed by atoms with van der Waals surface area (Å²) in [5, 5.41) is 10.0. The second-order valence-electron chi connectivity index (χ2n) is 4.15. The Kier molecular flexibility index (Phi) is 6.68. The van der Waals surface area contributed by atoms with Gasteiger partial charge in [0.05, 0.1) is 4.92 Å². The van der Waals surface area contributed by atoms with Crippen molar-refractivity contribution in [3.05, 3.63) is 76.3 Å². The predicted molar refractivity (Wildman–Crippen MR) is 78.6 cm³/mol.